The van der Waals surface area contributed by atoms with E-state index in [1.807, 2.05) is 12.5 Å². The summed E-state index contributed by atoms with van der Waals surface area (Å²) in [5.41, 5.74) is 0.924. The van der Waals surface area contributed by atoms with Crippen LogP contribution in [0, 0.1) is 0 Å². The molecule has 8 nitrogen and oxygen atoms in total. The molecule has 152 valence electrons. The lowest BCUT2D eigenvalue weighted by Gasteiger charge is -2.40. The summed E-state index contributed by atoms with van der Waals surface area (Å²) in [6.45, 7) is -0.526. The molecule has 1 fully saturated rings. The zero-order chi connectivity index (χ0) is 20.4. The topological polar surface area (TPSA) is 125 Å². The predicted octanol–water partition coefficient (Wildman–Crippen LogP) is 0.836. The van der Waals surface area contributed by atoms with Gasteiger partial charge in [-0.3, -0.25) is 4.79 Å². The lowest BCUT2D eigenvalue weighted by Crippen LogP contribution is -2.56. The second-order valence-corrected chi connectivity index (χ2v) is 8.13. The van der Waals surface area contributed by atoms with Crippen molar-refractivity contribution >= 4 is 44.7 Å². The van der Waals surface area contributed by atoms with Crippen LogP contribution in [-0.4, -0.2) is 78.8 Å². The molecular weight excluding hydrogens is 404 g/mol. The number of carbonyl (C=O) groups excluding carboxylic acids is 1. The Morgan fingerprint density at radius 1 is 1.14 bits per heavy atom. The number of amides is 1. The molecule has 0 spiro atoms. The number of aromatic nitrogens is 1. The monoisotopic (exact) mass is 426 g/mol. The molecule has 0 unspecified atom stereocenters. The van der Waals surface area contributed by atoms with Crippen LogP contribution in [0.5, 0.6) is 0 Å². The van der Waals surface area contributed by atoms with Crippen molar-refractivity contribution in [3.63, 3.8) is 0 Å². The second kappa shape index (κ2) is 8.95. The lowest BCUT2D eigenvalue weighted by molar-refractivity contribution is -0.250. The van der Waals surface area contributed by atoms with Crippen LogP contribution >= 0.6 is 23.5 Å². The van der Waals surface area contributed by atoms with Crippen molar-refractivity contribution < 1.29 is 30.0 Å². The molecule has 2 aromatic rings. The van der Waals surface area contributed by atoms with Gasteiger partial charge in [0.15, 0.2) is 6.23 Å². The molecule has 28 heavy (non-hydrogen) atoms. The van der Waals surface area contributed by atoms with Crippen molar-refractivity contribution in [2.45, 2.75) is 30.6 Å². The molecule has 1 aromatic carbocycles. The molecule has 5 atom stereocenters. The minimum Gasteiger partial charge on any atom is -0.394 e. The van der Waals surface area contributed by atoms with E-state index in [0.29, 0.717) is 20.8 Å². The summed E-state index contributed by atoms with van der Waals surface area (Å²) in [6.07, 6.45) is -1.36. The molecule has 4 N–H and O–H groups in total. The van der Waals surface area contributed by atoms with Gasteiger partial charge in [-0.25, -0.2) is 0 Å². The minimum absolute atomic E-state index is 0.327. The molecule has 0 bridgehead atoms. The van der Waals surface area contributed by atoms with Gasteiger partial charge in [-0.1, -0.05) is 18.2 Å². The molecule has 2 heterocycles. The lowest BCUT2D eigenvalue weighted by atomic mass is 9.98. The van der Waals surface area contributed by atoms with Crippen LogP contribution < -0.4 is 0 Å². The molecule has 1 aliphatic rings. The number of aliphatic hydroxyl groups excluding tert-OH is 4. The molecule has 0 saturated carbocycles. The highest BCUT2D eigenvalue weighted by atomic mass is 32.2. The Labute approximate surface area is 170 Å². The highest BCUT2D eigenvalue weighted by molar-refractivity contribution is 8.38. The number of para-hydroxylation sites is 1. The highest BCUT2D eigenvalue weighted by Gasteiger charge is 2.44. The Hall–Kier alpha value is -1.40. The number of carbonyl (C=O) groups is 1. The molecule has 1 aromatic heterocycles. The van der Waals surface area contributed by atoms with Gasteiger partial charge < -0.3 is 29.7 Å². The Balaban J connectivity index is 2.08. The number of nitrogens with zero attached hydrogens (tertiary/aromatic N) is 2. The zero-order valence-electron chi connectivity index (χ0n) is 15.3. The number of hydrogen-bond donors (Lipinski definition) is 4. The maximum absolute atomic E-state index is 12.7. The molecule has 0 aliphatic carbocycles. The molecule has 1 saturated heterocycles. The molecule has 3 rings (SSSR count). The summed E-state index contributed by atoms with van der Waals surface area (Å²) in [4.78, 5) is 16.9. The second-order valence-electron chi connectivity index (χ2n) is 6.28. The van der Waals surface area contributed by atoms with Crippen LogP contribution in [0.1, 0.15) is 16.6 Å². The van der Waals surface area contributed by atoms with E-state index >= 15 is 0 Å². The van der Waals surface area contributed by atoms with Gasteiger partial charge in [0.05, 0.1) is 17.7 Å². The standard InChI is InChI=1S/C18H22N2O6S2/c1-27-18(28-2)19-16(25)10-7-20(11-6-4-3-5-9(10)11)17-15(24)14(23)13(22)12(8-21)26-17/h3-7,12-15,17,21-24H,8H2,1-2H3/t12-,13-,14+,15-,17-/m1/s1. The summed E-state index contributed by atoms with van der Waals surface area (Å²) in [6, 6.07) is 7.07. The number of ether oxygens (including phenoxy) is 1. The Kier molecular flexibility index (Phi) is 6.81. The third kappa shape index (κ3) is 3.86. The molecule has 10 heteroatoms. The van der Waals surface area contributed by atoms with Crippen molar-refractivity contribution in [1.82, 2.24) is 4.57 Å². The molecule has 1 aliphatic heterocycles. The Bertz CT molecular complexity index is 878. The van der Waals surface area contributed by atoms with E-state index in [-0.39, 0.29) is 0 Å². The van der Waals surface area contributed by atoms with Crippen LogP contribution in [-0.2, 0) is 4.74 Å². The summed E-state index contributed by atoms with van der Waals surface area (Å²) in [7, 11) is 0. The largest absolute Gasteiger partial charge is 0.394 e. The van der Waals surface area contributed by atoms with Crippen LogP contribution in [0.25, 0.3) is 10.9 Å². The fraction of sp³-hybridized carbons (Fsp3) is 0.444. The average Bonchev–Trinajstić information content (AvgIpc) is 3.10. The van der Waals surface area contributed by atoms with Gasteiger partial charge in [0, 0.05) is 11.6 Å². The number of hydrogen-bond acceptors (Lipinski definition) is 8. The van der Waals surface area contributed by atoms with Crippen molar-refractivity contribution in [3.05, 3.63) is 36.0 Å². The van der Waals surface area contributed by atoms with Gasteiger partial charge in [-0.05, 0) is 18.6 Å². The summed E-state index contributed by atoms with van der Waals surface area (Å²) >= 11 is 2.74. The number of aliphatic imine (C=N–C) groups is 1. The van der Waals surface area contributed by atoms with Crippen molar-refractivity contribution in [3.8, 4) is 0 Å². The average molecular weight is 427 g/mol. The SMILES string of the molecule is CSC(=NC(=O)c1cn([C@@H]2O[C@H](CO)[C@@H](O)[C@H](O)[C@H]2O)c2ccccc12)SC. The van der Waals surface area contributed by atoms with E-state index in [1.165, 1.54) is 34.3 Å². The first kappa shape index (κ1) is 21.3. The van der Waals surface area contributed by atoms with E-state index in [0.717, 1.165) is 0 Å². The van der Waals surface area contributed by atoms with Crippen molar-refractivity contribution in [1.29, 1.82) is 0 Å². The third-order valence-corrected chi connectivity index (χ3v) is 6.54. The number of rotatable bonds is 3. The summed E-state index contributed by atoms with van der Waals surface area (Å²) < 4.78 is 7.79. The van der Waals surface area contributed by atoms with E-state index in [2.05, 4.69) is 4.99 Å². The van der Waals surface area contributed by atoms with Crippen molar-refractivity contribution in [2.24, 2.45) is 4.99 Å². The Morgan fingerprint density at radius 3 is 2.46 bits per heavy atom. The van der Waals surface area contributed by atoms with Gasteiger partial charge in [0.1, 0.15) is 28.8 Å². The third-order valence-electron chi connectivity index (χ3n) is 4.65. The van der Waals surface area contributed by atoms with Crippen LogP contribution in [0.4, 0.5) is 0 Å². The van der Waals surface area contributed by atoms with Crippen LogP contribution in [0.15, 0.2) is 35.5 Å². The molecular formula is C18H22N2O6S2. The van der Waals surface area contributed by atoms with E-state index in [9.17, 15) is 25.2 Å². The van der Waals surface area contributed by atoms with Gasteiger partial charge in [-0.2, -0.15) is 4.99 Å². The number of fused-ring (bicyclic) bond motifs is 1. The van der Waals surface area contributed by atoms with E-state index in [1.54, 1.807) is 24.3 Å². The van der Waals surface area contributed by atoms with E-state index < -0.39 is 43.2 Å². The zero-order valence-corrected chi connectivity index (χ0v) is 16.9. The van der Waals surface area contributed by atoms with Crippen LogP contribution in [0.2, 0.25) is 0 Å². The quantitative estimate of drug-likeness (QED) is 0.420. The number of benzene rings is 1. The molecule has 0 radical (unpaired) electrons. The number of thioether (sulfide) groups is 2. The van der Waals surface area contributed by atoms with Gasteiger partial charge in [-0.15, -0.1) is 23.5 Å². The number of aliphatic hydroxyl groups is 4. The van der Waals surface area contributed by atoms with Gasteiger partial charge in [0.25, 0.3) is 5.91 Å². The van der Waals surface area contributed by atoms with Gasteiger partial charge in [0.2, 0.25) is 0 Å². The summed E-state index contributed by atoms with van der Waals surface area (Å²) in [5, 5.41) is 40.6. The fourth-order valence-corrected chi connectivity index (χ4v) is 4.23. The first-order valence-corrected chi connectivity index (χ1v) is 11.0. The predicted molar refractivity (Wildman–Crippen MR) is 110 cm³/mol. The van der Waals surface area contributed by atoms with E-state index in [4.69, 9.17) is 4.74 Å². The van der Waals surface area contributed by atoms with Gasteiger partial charge >= 0.3 is 0 Å². The summed E-state index contributed by atoms with van der Waals surface area (Å²) in [5.74, 6) is -0.432. The minimum atomic E-state index is -1.51. The van der Waals surface area contributed by atoms with Crippen molar-refractivity contribution in [2.75, 3.05) is 19.1 Å². The normalized spacial score (nSPS) is 27.7. The first-order chi connectivity index (χ1) is 13.4. The maximum Gasteiger partial charge on any atom is 0.280 e. The smallest absolute Gasteiger partial charge is 0.280 e. The molecule has 1 amide bonds. The maximum atomic E-state index is 12.7. The highest BCUT2D eigenvalue weighted by Crippen LogP contribution is 2.33. The van der Waals surface area contributed by atoms with Crippen LogP contribution in [0.3, 0.4) is 0 Å². The Morgan fingerprint density at radius 2 is 1.82 bits per heavy atom. The first-order valence-electron chi connectivity index (χ1n) is 8.54. The fourth-order valence-electron chi connectivity index (χ4n) is 3.22.